The molecule has 13 rings (SSSR count). The molecule has 2 nitrogen and oxygen atoms in total. The first kappa shape index (κ1) is 37.0. The molecule has 302 valence electrons. The van der Waals surface area contributed by atoms with Crippen molar-refractivity contribution in [2.24, 2.45) is 0 Å². The number of hydrogen-bond acceptors (Lipinski definition) is 1. The van der Waals surface area contributed by atoms with Crippen LogP contribution in [-0.4, -0.2) is 9.78 Å². The monoisotopic (exact) mass is 824 g/mol. The fourth-order valence-corrected chi connectivity index (χ4v) is 10.3. The van der Waals surface area contributed by atoms with Crippen LogP contribution >= 0.6 is 0 Å². The van der Waals surface area contributed by atoms with Gasteiger partial charge in [0.15, 0.2) is 0 Å². The number of aromatic nitrogens is 2. The molecular weight excluding hydrogens is 785 g/mol. The van der Waals surface area contributed by atoms with E-state index in [1.807, 2.05) is 0 Å². The highest BCUT2D eigenvalue weighted by molar-refractivity contribution is 6.23. The van der Waals surface area contributed by atoms with E-state index in [4.69, 9.17) is 5.10 Å². The average molecular weight is 825 g/mol. The smallest absolute Gasteiger partial charge is 0.101 e. The Morgan fingerprint density at radius 1 is 0.277 bits per heavy atom. The first-order chi connectivity index (χ1) is 32.2. The highest BCUT2D eigenvalue weighted by Crippen LogP contribution is 2.47. The molecule has 13 aromatic rings. The largest absolute Gasteiger partial charge is 0.232 e. The van der Waals surface area contributed by atoms with Crippen LogP contribution in [0.5, 0.6) is 0 Å². The van der Waals surface area contributed by atoms with Crippen molar-refractivity contribution < 1.29 is 0 Å². The normalized spacial score (nSPS) is 11.7. The van der Waals surface area contributed by atoms with Crippen LogP contribution in [-0.2, 0) is 0 Å². The number of hydrogen-bond donors (Lipinski definition) is 0. The second kappa shape index (κ2) is 15.0. The predicted molar refractivity (Wildman–Crippen MR) is 276 cm³/mol. The second-order valence-electron chi connectivity index (χ2n) is 17.1. The van der Waals surface area contributed by atoms with Crippen LogP contribution in [0.15, 0.2) is 243 Å². The summed E-state index contributed by atoms with van der Waals surface area (Å²) in [6, 6.07) is 88.5. The van der Waals surface area contributed by atoms with Gasteiger partial charge in [-0.2, -0.15) is 5.10 Å². The van der Waals surface area contributed by atoms with E-state index in [9.17, 15) is 0 Å². The van der Waals surface area contributed by atoms with Gasteiger partial charge in [0, 0.05) is 16.3 Å². The van der Waals surface area contributed by atoms with Crippen molar-refractivity contribution in [2.75, 3.05) is 0 Å². The van der Waals surface area contributed by atoms with Crippen LogP contribution in [0.25, 0.3) is 126 Å². The van der Waals surface area contributed by atoms with Crippen molar-refractivity contribution in [1.29, 1.82) is 0 Å². The molecule has 0 radical (unpaired) electrons. The Kier molecular flexibility index (Phi) is 8.57. The average Bonchev–Trinajstić information content (AvgIpc) is 3.79. The summed E-state index contributed by atoms with van der Waals surface area (Å²) >= 11 is 0. The van der Waals surface area contributed by atoms with Gasteiger partial charge in [-0.05, 0) is 129 Å². The van der Waals surface area contributed by atoms with E-state index in [1.165, 1.54) is 92.8 Å². The molecule has 0 fully saturated rings. The Labute approximate surface area is 376 Å². The van der Waals surface area contributed by atoms with Gasteiger partial charge in [0.1, 0.15) is 5.69 Å². The van der Waals surface area contributed by atoms with Gasteiger partial charge in [-0.3, -0.25) is 0 Å². The first-order valence-electron chi connectivity index (χ1n) is 22.4. The van der Waals surface area contributed by atoms with Gasteiger partial charge >= 0.3 is 0 Å². The molecular formula is C63H40N2. The summed E-state index contributed by atoms with van der Waals surface area (Å²) < 4.78 is 2.14. The molecule has 1 aromatic heterocycles. The Balaban J connectivity index is 1.03. The first-order valence-corrected chi connectivity index (χ1v) is 22.4. The van der Waals surface area contributed by atoms with Gasteiger partial charge in [-0.15, -0.1) is 0 Å². The quantitative estimate of drug-likeness (QED) is 0.153. The third kappa shape index (κ3) is 6.14. The van der Waals surface area contributed by atoms with E-state index in [2.05, 4.69) is 247 Å². The van der Waals surface area contributed by atoms with Crippen LogP contribution in [0.4, 0.5) is 0 Å². The van der Waals surface area contributed by atoms with Crippen molar-refractivity contribution in [2.45, 2.75) is 0 Å². The lowest BCUT2D eigenvalue weighted by Gasteiger charge is -2.19. The summed E-state index contributed by atoms with van der Waals surface area (Å²) in [4.78, 5) is 0. The fraction of sp³-hybridized carbons (Fsp3) is 0. The Hall–Kier alpha value is -8.59. The van der Waals surface area contributed by atoms with Gasteiger partial charge in [0.05, 0.1) is 11.2 Å². The van der Waals surface area contributed by atoms with E-state index < -0.39 is 0 Å². The zero-order chi connectivity index (χ0) is 42.8. The Morgan fingerprint density at radius 3 is 1.40 bits per heavy atom. The van der Waals surface area contributed by atoms with Crippen LogP contribution in [0, 0.1) is 0 Å². The van der Waals surface area contributed by atoms with Gasteiger partial charge in [0.2, 0.25) is 0 Å². The molecule has 0 N–H and O–H groups in total. The molecule has 0 aliphatic heterocycles. The topological polar surface area (TPSA) is 17.8 Å². The zero-order valence-corrected chi connectivity index (χ0v) is 35.5. The summed E-state index contributed by atoms with van der Waals surface area (Å²) in [6.07, 6.45) is 0. The molecule has 0 atom stereocenters. The van der Waals surface area contributed by atoms with E-state index in [1.54, 1.807) is 0 Å². The zero-order valence-electron chi connectivity index (χ0n) is 35.5. The molecule has 12 aromatic carbocycles. The van der Waals surface area contributed by atoms with Crippen molar-refractivity contribution in [1.82, 2.24) is 9.78 Å². The van der Waals surface area contributed by atoms with E-state index in [-0.39, 0.29) is 0 Å². The third-order valence-corrected chi connectivity index (χ3v) is 13.3. The lowest BCUT2D eigenvalue weighted by Crippen LogP contribution is -1.96. The predicted octanol–water partition coefficient (Wildman–Crippen LogP) is 17.1. The van der Waals surface area contributed by atoms with Crippen molar-refractivity contribution in [3.63, 3.8) is 0 Å². The number of fused-ring (bicyclic) bond motifs is 7. The number of para-hydroxylation sites is 1. The molecule has 1 heterocycles. The summed E-state index contributed by atoms with van der Waals surface area (Å²) in [6.45, 7) is 0. The Bertz CT molecular complexity index is 3980. The summed E-state index contributed by atoms with van der Waals surface area (Å²) in [7, 11) is 0. The van der Waals surface area contributed by atoms with E-state index in [0.717, 1.165) is 33.4 Å². The molecule has 65 heavy (non-hydrogen) atoms. The standard InChI is InChI=1S/C63H40N2/c1-3-17-44(18-4-1)57-40-49-21-11-12-24-53(49)63-61(57)62(64-65(63)52-22-5-2-6-23-52)45-31-27-43(28-32-45)48-35-36-56-58(39-48)60(51-34-30-42-16-8-10-20-47(42)38-51)55-26-14-13-25-54(55)59(56)50-33-29-41-15-7-9-19-46(41)37-50/h1-40H. The highest BCUT2D eigenvalue weighted by atomic mass is 15.3. The minimum Gasteiger partial charge on any atom is -0.232 e. The molecule has 0 aliphatic rings. The molecule has 0 bridgehead atoms. The van der Waals surface area contributed by atoms with Gasteiger partial charge in [-0.25, -0.2) is 4.68 Å². The molecule has 0 unspecified atom stereocenters. The van der Waals surface area contributed by atoms with E-state index in [0.29, 0.717) is 0 Å². The second-order valence-corrected chi connectivity index (χ2v) is 17.1. The number of benzene rings is 12. The molecule has 0 aliphatic carbocycles. The Morgan fingerprint density at radius 2 is 0.754 bits per heavy atom. The summed E-state index contributed by atoms with van der Waals surface area (Å²) in [5, 5.41) is 18.9. The summed E-state index contributed by atoms with van der Waals surface area (Å²) in [5.41, 5.74) is 13.8. The maximum atomic E-state index is 5.48. The lowest BCUT2D eigenvalue weighted by molar-refractivity contribution is 0.918. The maximum Gasteiger partial charge on any atom is 0.101 e. The van der Waals surface area contributed by atoms with Crippen LogP contribution < -0.4 is 0 Å². The van der Waals surface area contributed by atoms with Crippen molar-refractivity contribution in [3.8, 4) is 61.5 Å². The molecule has 0 saturated carbocycles. The minimum atomic E-state index is 0.962. The lowest BCUT2D eigenvalue weighted by atomic mass is 9.84. The van der Waals surface area contributed by atoms with Crippen molar-refractivity contribution in [3.05, 3.63) is 243 Å². The molecule has 0 amide bonds. The molecule has 0 saturated heterocycles. The minimum absolute atomic E-state index is 0.962. The van der Waals surface area contributed by atoms with E-state index >= 15 is 0 Å². The summed E-state index contributed by atoms with van der Waals surface area (Å²) in [5.74, 6) is 0. The van der Waals surface area contributed by atoms with Gasteiger partial charge in [-0.1, -0.05) is 206 Å². The highest BCUT2D eigenvalue weighted by Gasteiger charge is 2.22. The molecule has 2 heteroatoms. The maximum absolute atomic E-state index is 5.48. The van der Waals surface area contributed by atoms with Crippen molar-refractivity contribution >= 4 is 64.8 Å². The van der Waals surface area contributed by atoms with Gasteiger partial charge < -0.3 is 0 Å². The van der Waals surface area contributed by atoms with Gasteiger partial charge in [0.25, 0.3) is 0 Å². The van der Waals surface area contributed by atoms with Crippen LogP contribution in [0.1, 0.15) is 0 Å². The number of nitrogens with zero attached hydrogens (tertiary/aromatic N) is 2. The third-order valence-electron chi connectivity index (χ3n) is 13.3. The van der Waals surface area contributed by atoms with Crippen LogP contribution in [0.2, 0.25) is 0 Å². The SMILES string of the molecule is c1ccc(-c2cc3ccccc3c3c2c(-c2ccc(-c4ccc5c(-c6ccc7ccccc7c6)c6ccccc6c(-c6ccc7ccccc7c6)c5c4)cc2)nn3-c2ccccc2)cc1. The fourth-order valence-electron chi connectivity index (χ4n) is 10.3. The molecule has 0 spiro atoms. The number of rotatable bonds is 6. The van der Waals surface area contributed by atoms with Crippen LogP contribution in [0.3, 0.4) is 0 Å².